The van der Waals surface area contributed by atoms with Crippen molar-refractivity contribution in [3.63, 3.8) is 0 Å². The van der Waals surface area contributed by atoms with Crippen LogP contribution >= 0.6 is 0 Å². The molecular weight excluding hydrogens is 250 g/mol. The van der Waals surface area contributed by atoms with Gasteiger partial charge in [-0.3, -0.25) is 4.79 Å². The lowest BCUT2D eigenvalue weighted by molar-refractivity contribution is -0.138. The Balaban J connectivity index is 1.46. The Kier molecular flexibility index (Phi) is 4.04. The lowest BCUT2D eigenvalue weighted by Gasteiger charge is -2.38. The summed E-state index contributed by atoms with van der Waals surface area (Å²) in [7, 11) is 0. The van der Waals surface area contributed by atoms with Crippen LogP contribution < -0.4 is 5.73 Å². The average molecular weight is 279 g/mol. The molecule has 2 saturated heterocycles. The van der Waals surface area contributed by atoms with Gasteiger partial charge in [0.25, 0.3) is 0 Å². The van der Waals surface area contributed by atoms with Crippen LogP contribution in [0, 0.1) is 11.8 Å². The van der Waals surface area contributed by atoms with E-state index in [0.717, 1.165) is 44.7 Å². The van der Waals surface area contributed by atoms with E-state index in [1.54, 1.807) is 0 Å². The third-order valence-electron chi connectivity index (χ3n) is 5.50. The zero-order valence-corrected chi connectivity index (χ0v) is 12.8. The van der Waals surface area contributed by atoms with Crippen LogP contribution in [0.4, 0.5) is 0 Å². The Morgan fingerprint density at radius 2 is 1.70 bits per heavy atom. The number of rotatable bonds is 4. The summed E-state index contributed by atoms with van der Waals surface area (Å²) >= 11 is 0. The van der Waals surface area contributed by atoms with Gasteiger partial charge in [0.2, 0.25) is 5.91 Å². The van der Waals surface area contributed by atoms with Crippen LogP contribution in [0.2, 0.25) is 0 Å². The van der Waals surface area contributed by atoms with Crippen molar-refractivity contribution in [3.05, 3.63) is 0 Å². The van der Waals surface area contributed by atoms with Crippen LogP contribution in [-0.2, 0) is 4.79 Å². The first kappa shape index (κ1) is 14.3. The van der Waals surface area contributed by atoms with Gasteiger partial charge >= 0.3 is 0 Å². The summed E-state index contributed by atoms with van der Waals surface area (Å²) in [5.41, 5.74) is 5.65. The van der Waals surface area contributed by atoms with E-state index in [-0.39, 0.29) is 5.91 Å². The van der Waals surface area contributed by atoms with Crippen molar-refractivity contribution in [2.75, 3.05) is 32.7 Å². The Labute approximate surface area is 122 Å². The van der Waals surface area contributed by atoms with E-state index < -0.39 is 5.54 Å². The van der Waals surface area contributed by atoms with Gasteiger partial charge in [0.1, 0.15) is 0 Å². The Hall–Kier alpha value is -0.610. The van der Waals surface area contributed by atoms with Gasteiger partial charge in [-0.1, -0.05) is 0 Å². The molecule has 0 spiro atoms. The summed E-state index contributed by atoms with van der Waals surface area (Å²) in [4.78, 5) is 17.2. The van der Waals surface area contributed by atoms with E-state index in [2.05, 4.69) is 4.90 Å². The van der Waals surface area contributed by atoms with Gasteiger partial charge in [-0.25, -0.2) is 0 Å². The zero-order chi connectivity index (χ0) is 14.2. The summed E-state index contributed by atoms with van der Waals surface area (Å²) < 4.78 is 0. The molecular formula is C16H29N3O. The van der Waals surface area contributed by atoms with E-state index in [9.17, 15) is 4.79 Å². The molecule has 1 saturated carbocycles. The van der Waals surface area contributed by atoms with Crippen LogP contribution in [0.25, 0.3) is 0 Å². The van der Waals surface area contributed by atoms with Gasteiger partial charge in [0.15, 0.2) is 0 Å². The topological polar surface area (TPSA) is 49.6 Å². The molecule has 0 bridgehead atoms. The van der Waals surface area contributed by atoms with Crippen molar-refractivity contribution in [2.45, 2.75) is 51.0 Å². The molecule has 4 heteroatoms. The van der Waals surface area contributed by atoms with Crippen LogP contribution in [0.5, 0.6) is 0 Å². The van der Waals surface area contributed by atoms with Crippen molar-refractivity contribution in [3.8, 4) is 0 Å². The SMILES string of the molecule is CC(N)(C(=O)N1CCC(CN2CCCC2)CC1)C1CC1. The second kappa shape index (κ2) is 5.64. The fourth-order valence-electron chi connectivity index (χ4n) is 3.85. The van der Waals surface area contributed by atoms with E-state index in [1.165, 1.54) is 32.5 Å². The van der Waals surface area contributed by atoms with Crippen molar-refractivity contribution in [2.24, 2.45) is 17.6 Å². The highest BCUT2D eigenvalue weighted by atomic mass is 16.2. The van der Waals surface area contributed by atoms with E-state index in [0.29, 0.717) is 5.92 Å². The second-order valence-electron chi connectivity index (χ2n) is 7.30. The number of likely N-dealkylation sites (tertiary alicyclic amines) is 2. The van der Waals surface area contributed by atoms with Gasteiger partial charge in [-0.15, -0.1) is 0 Å². The quantitative estimate of drug-likeness (QED) is 0.847. The van der Waals surface area contributed by atoms with Gasteiger partial charge in [-0.05, 0) is 70.4 Å². The molecule has 0 aromatic carbocycles. The molecule has 3 aliphatic rings. The molecule has 3 fully saturated rings. The van der Waals surface area contributed by atoms with Gasteiger partial charge in [0.05, 0.1) is 5.54 Å². The number of nitrogens with zero attached hydrogens (tertiary/aromatic N) is 2. The predicted molar refractivity (Wildman–Crippen MR) is 80.3 cm³/mol. The molecule has 1 amide bonds. The number of hydrogen-bond donors (Lipinski definition) is 1. The molecule has 0 aromatic heterocycles. The fraction of sp³-hybridized carbons (Fsp3) is 0.938. The molecule has 3 rings (SSSR count). The van der Waals surface area contributed by atoms with Crippen molar-refractivity contribution in [1.29, 1.82) is 0 Å². The van der Waals surface area contributed by atoms with Gasteiger partial charge in [0, 0.05) is 19.6 Å². The maximum absolute atomic E-state index is 12.5. The maximum Gasteiger partial charge on any atom is 0.242 e. The number of nitrogens with two attached hydrogens (primary N) is 1. The molecule has 114 valence electrons. The summed E-state index contributed by atoms with van der Waals surface area (Å²) in [6, 6.07) is 0. The summed E-state index contributed by atoms with van der Waals surface area (Å²) in [6.45, 7) is 7.56. The Morgan fingerprint density at radius 1 is 1.10 bits per heavy atom. The number of hydrogen-bond acceptors (Lipinski definition) is 3. The number of piperidine rings is 1. The largest absolute Gasteiger partial charge is 0.341 e. The van der Waals surface area contributed by atoms with Crippen LogP contribution in [-0.4, -0.2) is 54.0 Å². The van der Waals surface area contributed by atoms with Crippen LogP contribution in [0.3, 0.4) is 0 Å². The highest BCUT2D eigenvalue weighted by Crippen LogP contribution is 2.39. The third kappa shape index (κ3) is 3.01. The molecule has 2 aliphatic heterocycles. The number of carbonyl (C=O) groups is 1. The van der Waals surface area contributed by atoms with E-state index in [1.807, 2.05) is 11.8 Å². The predicted octanol–water partition coefficient (Wildman–Crippen LogP) is 1.45. The molecule has 20 heavy (non-hydrogen) atoms. The third-order valence-corrected chi connectivity index (χ3v) is 5.50. The minimum absolute atomic E-state index is 0.194. The molecule has 2 N–H and O–H groups in total. The Bertz CT molecular complexity index is 351. The number of amides is 1. The van der Waals surface area contributed by atoms with Gasteiger partial charge < -0.3 is 15.5 Å². The summed E-state index contributed by atoms with van der Waals surface area (Å²) in [5, 5.41) is 0. The van der Waals surface area contributed by atoms with Gasteiger partial charge in [-0.2, -0.15) is 0 Å². The molecule has 1 unspecified atom stereocenters. The first-order valence-electron chi connectivity index (χ1n) is 8.38. The average Bonchev–Trinajstić information content (AvgIpc) is 3.19. The summed E-state index contributed by atoms with van der Waals surface area (Å²) in [6.07, 6.45) is 7.30. The van der Waals surface area contributed by atoms with Crippen LogP contribution in [0.15, 0.2) is 0 Å². The van der Waals surface area contributed by atoms with Crippen molar-refractivity contribution >= 4 is 5.91 Å². The van der Waals surface area contributed by atoms with Crippen molar-refractivity contribution < 1.29 is 4.79 Å². The molecule has 0 aromatic rings. The Morgan fingerprint density at radius 3 is 2.25 bits per heavy atom. The normalized spacial score (nSPS) is 28.6. The minimum Gasteiger partial charge on any atom is -0.341 e. The molecule has 1 aliphatic carbocycles. The fourth-order valence-corrected chi connectivity index (χ4v) is 3.85. The van der Waals surface area contributed by atoms with E-state index in [4.69, 9.17) is 5.73 Å². The highest BCUT2D eigenvalue weighted by molar-refractivity contribution is 5.86. The molecule has 0 radical (unpaired) electrons. The first-order valence-corrected chi connectivity index (χ1v) is 8.38. The van der Waals surface area contributed by atoms with E-state index >= 15 is 0 Å². The first-order chi connectivity index (χ1) is 9.57. The van der Waals surface area contributed by atoms with Crippen LogP contribution in [0.1, 0.15) is 45.4 Å². The zero-order valence-electron chi connectivity index (χ0n) is 12.8. The second-order valence-corrected chi connectivity index (χ2v) is 7.30. The monoisotopic (exact) mass is 279 g/mol. The number of carbonyl (C=O) groups excluding carboxylic acids is 1. The lowest BCUT2D eigenvalue weighted by Crippen LogP contribution is -2.56. The van der Waals surface area contributed by atoms with Crippen molar-refractivity contribution in [1.82, 2.24) is 9.80 Å². The molecule has 4 nitrogen and oxygen atoms in total. The molecule has 1 atom stereocenters. The minimum atomic E-state index is -0.609. The maximum atomic E-state index is 12.5. The smallest absolute Gasteiger partial charge is 0.242 e. The summed E-state index contributed by atoms with van der Waals surface area (Å²) in [5.74, 6) is 1.40. The standard InChI is InChI=1S/C16H29N3O/c1-16(17,14-4-5-14)15(20)19-10-6-13(7-11-19)12-18-8-2-3-9-18/h13-14H,2-12,17H2,1H3. The highest BCUT2D eigenvalue weighted by Gasteiger charge is 2.46. The molecule has 2 heterocycles. The lowest BCUT2D eigenvalue weighted by atomic mass is 9.91.